The molecule has 0 saturated carbocycles. The van der Waals surface area contributed by atoms with E-state index in [0.717, 1.165) is 17.2 Å². The molecule has 1 aromatic heterocycles. The van der Waals surface area contributed by atoms with Gasteiger partial charge < -0.3 is 14.8 Å². The van der Waals surface area contributed by atoms with E-state index in [1.165, 1.54) is 0 Å². The van der Waals surface area contributed by atoms with Gasteiger partial charge in [0.1, 0.15) is 5.01 Å². The number of nitrogens with one attached hydrogen (secondary N) is 1. The summed E-state index contributed by atoms with van der Waals surface area (Å²) >= 11 is 1.67. The molecule has 0 fully saturated rings. The highest BCUT2D eigenvalue weighted by Gasteiger charge is 2.29. The second-order valence-corrected chi connectivity index (χ2v) is 5.04. The van der Waals surface area contributed by atoms with Crippen molar-refractivity contribution in [3.8, 4) is 0 Å². The molecule has 1 unspecified atom stereocenters. The molecule has 4 nitrogen and oxygen atoms in total. The second-order valence-electron chi connectivity index (χ2n) is 4.18. The Morgan fingerprint density at radius 2 is 2.29 bits per heavy atom. The van der Waals surface area contributed by atoms with Crippen molar-refractivity contribution in [1.29, 1.82) is 0 Å². The highest BCUT2D eigenvalue weighted by molar-refractivity contribution is 7.09. The van der Waals surface area contributed by atoms with Crippen molar-refractivity contribution >= 4 is 11.3 Å². The Morgan fingerprint density at radius 3 is 2.82 bits per heavy atom. The minimum absolute atomic E-state index is 0.229. The quantitative estimate of drug-likeness (QED) is 0.724. The fraction of sp³-hybridized carbons (Fsp3) is 0.750. The molecule has 0 amide bonds. The molecule has 5 heteroatoms. The summed E-state index contributed by atoms with van der Waals surface area (Å²) < 4.78 is 10.6. The molecule has 1 aromatic rings. The highest BCUT2D eigenvalue weighted by atomic mass is 32.1. The minimum atomic E-state index is -0.229. The first-order valence-corrected chi connectivity index (χ1v) is 6.74. The summed E-state index contributed by atoms with van der Waals surface area (Å²) in [5.74, 6) is 0. The lowest BCUT2D eigenvalue weighted by Crippen LogP contribution is -2.45. The number of aryl methyl sites for hydroxylation is 1. The fourth-order valence-corrected chi connectivity index (χ4v) is 2.45. The number of methoxy groups -OCH3 is 1. The van der Waals surface area contributed by atoms with Crippen LogP contribution in [-0.2, 0) is 15.0 Å². The molecular weight excluding hydrogens is 236 g/mol. The van der Waals surface area contributed by atoms with Gasteiger partial charge in [-0.1, -0.05) is 0 Å². The van der Waals surface area contributed by atoms with E-state index in [0.29, 0.717) is 19.8 Å². The zero-order chi connectivity index (χ0) is 12.7. The van der Waals surface area contributed by atoms with E-state index < -0.39 is 0 Å². The van der Waals surface area contributed by atoms with Crippen LogP contribution in [0.25, 0.3) is 0 Å². The molecule has 0 radical (unpaired) electrons. The van der Waals surface area contributed by atoms with Crippen molar-refractivity contribution in [1.82, 2.24) is 10.3 Å². The van der Waals surface area contributed by atoms with Gasteiger partial charge in [-0.15, -0.1) is 11.3 Å². The van der Waals surface area contributed by atoms with E-state index in [1.54, 1.807) is 18.4 Å². The Morgan fingerprint density at radius 1 is 1.53 bits per heavy atom. The van der Waals surface area contributed by atoms with Crippen LogP contribution in [0.5, 0.6) is 0 Å². The largest absolute Gasteiger partial charge is 0.383 e. The van der Waals surface area contributed by atoms with Crippen molar-refractivity contribution in [2.45, 2.75) is 26.3 Å². The average Bonchev–Trinajstić information content (AvgIpc) is 2.74. The summed E-state index contributed by atoms with van der Waals surface area (Å²) in [4.78, 5) is 4.55. The first kappa shape index (κ1) is 14.6. The van der Waals surface area contributed by atoms with Gasteiger partial charge in [-0.3, -0.25) is 0 Å². The van der Waals surface area contributed by atoms with Crippen LogP contribution in [0, 0.1) is 6.92 Å². The summed E-state index contributed by atoms with van der Waals surface area (Å²) in [6.45, 7) is 8.95. The SMILES string of the molecule is CCOCC(C)(NCCOC)c1nc(C)cs1. The van der Waals surface area contributed by atoms with E-state index in [9.17, 15) is 0 Å². The van der Waals surface area contributed by atoms with Gasteiger partial charge in [0.25, 0.3) is 0 Å². The third-order valence-corrected chi connectivity index (χ3v) is 3.73. The van der Waals surface area contributed by atoms with Crippen LogP contribution in [0.2, 0.25) is 0 Å². The number of rotatable bonds is 8. The zero-order valence-electron chi connectivity index (χ0n) is 11.1. The van der Waals surface area contributed by atoms with Gasteiger partial charge in [0.05, 0.1) is 18.8 Å². The maximum atomic E-state index is 5.56. The number of aromatic nitrogens is 1. The van der Waals surface area contributed by atoms with Gasteiger partial charge in [-0.05, 0) is 20.8 Å². The van der Waals surface area contributed by atoms with Crippen LogP contribution in [0.4, 0.5) is 0 Å². The average molecular weight is 258 g/mol. The van der Waals surface area contributed by atoms with Crippen LogP contribution < -0.4 is 5.32 Å². The Kier molecular flexibility index (Phi) is 6.05. The molecule has 1 heterocycles. The number of ether oxygens (including phenoxy) is 2. The molecule has 0 spiro atoms. The lowest BCUT2D eigenvalue weighted by molar-refractivity contribution is 0.0777. The molecule has 0 aliphatic rings. The first-order valence-electron chi connectivity index (χ1n) is 5.86. The topological polar surface area (TPSA) is 43.4 Å². The Balaban J connectivity index is 2.70. The van der Waals surface area contributed by atoms with Crippen LogP contribution in [-0.4, -0.2) is 38.5 Å². The molecule has 1 N–H and O–H groups in total. The third-order valence-electron chi connectivity index (χ3n) is 2.51. The summed E-state index contributed by atoms with van der Waals surface area (Å²) in [5.41, 5.74) is 0.828. The van der Waals surface area contributed by atoms with E-state index in [1.807, 2.05) is 13.8 Å². The normalized spacial score (nSPS) is 14.8. The second kappa shape index (κ2) is 7.06. The van der Waals surface area contributed by atoms with Crippen molar-refractivity contribution in [3.63, 3.8) is 0 Å². The Bertz CT molecular complexity index is 330. The van der Waals surface area contributed by atoms with Crippen molar-refractivity contribution in [2.24, 2.45) is 0 Å². The molecule has 0 saturated heterocycles. The lowest BCUT2D eigenvalue weighted by atomic mass is 10.1. The standard InChI is InChI=1S/C12H22N2O2S/c1-5-16-9-12(3,13-6-7-15-4)11-14-10(2)8-17-11/h8,13H,5-7,9H2,1-4H3. The number of hydrogen-bond donors (Lipinski definition) is 1. The van der Waals surface area contributed by atoms with Gasteiger partial charge in [0.15, 0.2) is 0 Å². The van der Waals surface area contributed by atoms with Crippen molar-refractivity contribution in [2.75, 3.05) is 33.5 Å². The molecule has 1 rings (SSSR count). The first-order chi connectivity index (χ1) is 8.12. The molecule has 0 aliphatic heterocycles. The highest BCUT2D eigenvalue weighted by Crippen LogP contribution is 2.24. The predicted molar refractivity (Wildman–Crippen MR) is 70.6 cm³/mol. The Hall–Kier alpha value is -0.490. The maximum Gasteiger partial charge on any atom is 0.115 e. The van der Waals surface area contributed by atoms with Gasteiger partial charge in [-0.25, -0.2) is 4.98 Å². The maximum absolute atomic E-state index is 5.56. The van der Waals surface area contributed by atoms with E-state index in [4.69, 9.17) is 9.47 Å². The summed E-state index contributed by atoms with van der Waals surface area (Å²) in [6, 6.07) is 0. The number of hydrogen-bond acceptors (Lipinski definition) is 5. The molecule has 0 aromatic carbocycles. The summed E-state index contributed by atoms with van der Waals surface area (Å²) in [5, 5.41) is 6.60. The van der Waals surface area contributed by atoms with E-state index >= 15 is 0 Å². The molecule has 0 bridgehead atoms. The van der Waals surface area contributed by atoms with Crippen LogP contribution in [0.15, 0.2) is 5.38 Å². The molecule has 98 valence electrons. The van der Waals surface area contributed by atoms with Gasteiger partial charge in [0.2, 0.25) is 0 Å². The van der Waals surface area contributed by atoms with Crippen LogP contribution in [0.3, 0.4) is 0 Å². The predicted octanol–water partition coefficient (Wildman–Crippen LogP) is 1.94. The molecule has 0 aliphatic carbocycles. The van der Waals surface area contributed by atoms with Crippen molar-refractivity contribution < 1.29 is 9.47 Å². The van der Waals surface area contributed by atoms with Crippen LogP contribution >= 0.6 is 11.3 Å². The zero-order valence-corrected chi connectivity index (χ0v) is 11.9. The molecule has 17 heavy (non-hydrogen) atoms. The van der Waals surface area contributed by atoms with Gasteiger partial charge in [-0.2, -0.15) is 0 Å². The minimum Gasteiger partial charge on any atom is -0.383 e. The summed E-state index contributed by atoms with van der Waals surface area (Å²) in [7, 11) is 1.70. The molecule has 1 atom stereocenters. The third kappa shape index (κ3) is 4.35. The van der Waals surface area contributed by atoms with E-state index in [2.05, 4.69) is 22.6 Å². The smallest absolute Gasteiger partial charge is 0.115 e. The van der Waals surface area contributed by atoms with E-state index in [-0.39, 0.29) is 5.54 Å². The lowest BCUT2D eigenvalue weighted by Gasteiger charge is -2.28. The van der Waals surface area contributed by atoms with Crippen molar-refractivity contribution in [3.05, 3.63) is 16.1 Å². The number of thiazole rings is 1. The number of nitrogens with zero attached hydrogens (tertiary/aromatic N) is 1. The summed E-state index contributed by atoms with van der Waals surface area (Å²) in [6.07, 6.45) is 0. The van der Waals surface area contributed by atoms with Gasteiger partial charge >= 0.3 is 0 Å². The van der Waals surface area contributed by atoms with Crippen LogP contribution in [0.1, 0.15) is 24.5 Å². The fourth-order valence-electron chi connectivity index (χ4n) is 1.53. The molecular formula is C12H22N2O2S. The van der Waals surface area contributed by atoms with Gasteiger partial charge in [0, 0.05) is 31.3 Å². The Labute approximate surface area is 107 Å². The monoisotopic (exact) mass is 258 g/mol.